The smallest absolute Gasteiger partial charge is 0.193 e. The first-order chi connectivity index (χ1) is 9.35. The van der Waals surface area contributed by atoms with Crippen molar-refractivity contribution in [1.82, 2.24) is 0 Å². The summed E-state index contributed by atoms with van der Waals surface area (Å²) in [5.74, 6) is 0. The lowest BCUT2D eigenvalue weighted by Gasteiger charge is -2.15. The van der Waals surface area contributed by atoms with Crippen molar-refractivity contribution >= 4 is 25.7 Å². The van der Waals surface area contributed by atoms with E-state index >= 15 is 0 Å². The first kappa shape index (κ1) is 13.8. The molecular weight excluding hydrogens is 248 g/mol. The molecule has 0 saturated carbocycles. The normalized spacial score (nSPS) is 11.4. The molecule has 0 aliphatic carbocycles. The minimum Gasteiger partial charge on any atom is -0.415 e. The van der Waals surface area contributed by atoms with Crippen molar-refractivity contribution in [2.75, 3.05) is 0 Å². The molecule has 2 aromatic carbocycles. The zero-order valence-corrected chi connectivity index (χ0v) is 12.6. The molecule has 0 bridgehead atoms. The van der Waals surface area contributed by atoms with E-state index < -0.39 is 9.76 Å². The third kappa shape index (κ3) is 3.66. The highest BCUT2D eigenvalue weighted by molar-refractivity contribution is 6.51. The lowest BCUT2D eigenvalue weighted by molar-refractivity contribution is 0.223. The Kier molecular flexibility index (Phi) is 5.13. The second-order valence-corrected chi connectivity index (χ2v) is 6.00. The molecule has 0 spiro atoms. The number of rotatable bonds is 7. The molecular formula is C17H20OSi. The van der Waals surface area contributed by atoms with Gasteiger partial charge in [0, 0.05) is 0 Å². The average molecular weight is 268 g/mol. The highest BCUT2D eigenvalue weighted by atomic mass is 28.2. The van der Waals surface area contributed by atoms with Crippen molar-refractivity contribution < 1.29 is 4.43 Å². The van der Waals surface area contributed by atoms with E-state index in [0.717, 1.165) is 12.8 Å². The van der Waals surface area contributed by atoms with Crippen molar-refractivity contribution in [3.8, 4) is 0 Å². The molecule has 0 fully saturated rings. The number of hydrogen-bond acceptors (Lipinski definition) is 1. The van der Waals surface area contributed by atoms with Crippen LogP contribution in [0.2, 0.25) is 0 Å². The van der Waals surface area contributed by atoms with Crippen LogP contribution in [0.5, 0.6) is 0 Å². The first-order valence-corrected chi connectivity index (χ1v) is 7.93. The Morgan fingerprint density at radius 3 is 2.42 bits per heavy atom. The summed E-state index contributed by atoms with van der Waals surface area (Å²) in [6.07, 6.45) is 5.87. The summed E-state index contributed by atoms with van der Waals surface area (Å²) in [5, 5.41) is 3.99. The van der Waals surface area contributed by atoms with Crippen LogP contribution in [0, 0.1) is 0 Å². The van der Waals surface area contributed by atoms with Crippen molar-refractivity contribution in [1.29, 1.82) is 0 Å². The summed E-state index contributed by atoms with van der Waals surface area (Å²) in [4.78, 5) is 0. The number of fused-ring (bicyclic) bond motifs is 1. The van der Waals surface area contributed by atoms with E-state index in [4.69, 9.17) is 4.43 Å². The van der Waals surface area contributed by atoms with E-state index in [2.05, 4.69) is 55.6 Å². The van der Waals surface area contributed by atoms with Gasteiger partial charge in [0.2, 0.25) is 0 Å². The minimum atomic E-state index is -0.717. The molecule has 0 radical (unpaired) electrons. The maximum atomic E-state index is 6.11. The first-order valence-electron chi connectivity index (χ1n) is 6.65. The molecule has 98 valence electrons. The van der Waals surface area contributed by atoms with Crippen LogP contribution in [0.15, 0.2) is 67.8 Å². The second kappa shape index (κ2) is 7.07. The van der Waals surface area contributed by atoms with Crippen LogP contribution in [0.1, 0.15) is 12.8 Å². The van der Waals surface area contributed by atoms with Gasteiger partial charge in [-0.15, -0.1) is 13.2 Å². The van der Waals surface area contributed by atoms with Gasteiger partial charge in [0.1, 0.15) is 0 Å². The molecule has 0 aliphatic rings. The molecule has 0 N–H and O–H groups in total. The predicted molar refractivity (Wildman–Crippen MR) is 86.6 cm³/mol. The predicted octanol–water partition coefficient (Wildman–Crippen LogP) is 3.09. The Balaban J connectivity index is 2.12. The zero-order valence-electron chi connectivity index (χ0n) is 11.2. The monoisotopic (exact) mass is 268 g/mol. The van der Waals surface area contributed by atoms with Gasteiger partial charge < -0.3 is 4.43 Å². The van der Waals surface area contributed by atoms with Gasteiger partial charge in [-0.25, -0.2) is 0 Å². The van der Waals surface area contributed by atoms with Crippen LogP contribution in [0.25, 0.3) is 10.8 Å². The average Bonchev–Trinajstić information content (AvgIpc) is 2.45. The molecule has 0 unspecified atom stereocenters. The fraction of sp³-hybridized carbons (Fsp3) is 0.176. The summed E-state index contributed by atoms with van der Waals surface area (Å²) in [6.45, 7) is 7.58. The van der Waals surface area contributed by atoms with Gasteiger partial charge in [-0.1, -0.05) is 54.6 Å². The van der Waals surface area contributed by atoms with E-state index in [1.54, 1.807) is 0 Å². The zero-order chi connectivity index (χ0) is 13.5. The molecule has 19 heavy (non-hydrogen) atoms. The van der Waals surface area contributed by atoms with Crippen LogP contribution in [-0.4, -0.2) is 15.9 Å². The summed E-state index contributed by atoms with van der Waals surface area (Å²) in [7, 11) is -0.717. The Hall–Kier alpha value is -1.64. The standard InChI is InChI=1S/C17H20OSi/c1-3-8-15(9-4-2)18-19-17-13-7-11-14-10-5-6-12-16(14)17/h3-7,10-13,15H,1-2,8-9,19H2. The maximum Gasteiger partial charge on any atom is 0.193 e. The van der Waals surface area contributed by atoms with E-state index in [1.807, 2.05) is 12.2 Å². The van der Waals surface area contributed by atoms with Crippen LogP contribution in [0.4, 0.5) is 0 Å². The molecule has 0 amide bonds. The molecule has 0 aromatic heterocycles. The van der Waals surface area contributed by atoms with Gasteiger partial charge in [-0.05, 0) is 28.8 Å². The molecule has 0 heterocycles. The Bertz CT molecular complexity index is 547. The van der Waals surface area contributed by atoms with Gasteiger partial charge in [0.25, 0.3) is 0 Å². The molecule has 1 nitrogen and oxygen atoms in total. The van der Waals surface area contributed by atoms with E-state index in [1.165, 1.54) is 16.0 Å². The van der Waals surface area contributed by atoms with Crippen molar-refractivity contribution in [2.24, 2.45) is 0 Å². The highest BCUT2D eigenvalue weighted by Gasteiger charge is 2.07. The Labute approximate surface area is 117 Å². The largest absolute Gasteiger partial charge is 0.415 e. The van der Waals surface area contributed by atoms with Crippen LogP contribution >= 0.6 is 0 Å². The second-order valence-electron chi connectivity index (χ2n) is 4.62. The fourth-order valence-corrected chi connectivity index (χ4v) is 3.63. The lowest BCUT2D eigenvalue weighted by atomic mass is 10.1. The molecule has 0 aliphatic heterocycles. The quantitative estimate of drug-likeness (QED) is 0.554. The summed E-state index contributed by atoms with van der Waals surface area (Å²) < 4.78 is 6.11. The molecule has 0 atom stereocenters. The van der Waals surface area contributed by atoms with Crippen LogP contribution in [-0.2, 0) is 4.43 Å². The molecule has 2 aromatic rings. The highest BCUT2D eigenvalue weighted by Crippen LogP contribution is 2.11. The summed E-state index contributed by atoms with van der Waals surface area (Å²) >= 11 is 0. The van der Waals surface area contributed by atoms with Crippen molar-refractivity contribution in [2.45, 2.75) is 18.9 Å². The molecule has 2 rings (SSSR count). The Morgan fingerprint density at radius 2 is 1.68 bits per heavy atom. The maximum absolute atomic E-state index is 6.11. The SMILES string of the molecule is C=CCC(CC=C)O[SiH2]c1cccc2ccccc12. The van der Waals surface area contributed by atoms with Crippen molar-refractivity contribution in [3.05, 3.63) is 67.8 Å². The van der Waals surface area contributed by atoms with Gasteiger partial charge in [0.15, 0.2) is 9.76 Å². The Morgan fingerprint density at radius 1 is 1.00 bits per heavy atom. The van der Waals surface area contributed by atoms with E-state index in [0.29, 0.717) is 0 Å². The molecule has 2 heteroatoms. The lowest BCUT2D eigenvalue weighted by Crippen LogP contribution is -2.24. The van der Waals surface area contributed by atoms with Crippen molar-refractivity contribution in [3.63, 3.8) is 0 Å². The van der Waals surface area contributed by atoms with Gasteiger partial charge in [0.05, 0.1) is 6.10 Å². The molecule has 0 saturated heterocycles. The van der Waals surface area contributed by atoms with Crippen LogP contribution < -0.4 is 5.19 Å². The fourth-order valence-electron chi connectivity index (χ4n) is 2.23. The van der Waals surface area contributed by atoms with Crippen LogP contribution in [0.3, 0.4) is 0 Å². The van der Waals surface area contributed by atoms with Gasteiger partial charge in [-0.2, -0.15) is 0 Å². The summed E-state index contributed by atoms with van der Waals surface area (Å²) in [6, 6.07) is 14.9. The third-order valence-electron chi connectivity index (χ3n) is 3.21. The minimum absolute atomic E-state index is 0.237. The van der Waals surface area contributed by atoms with E-state index in [-0.39, 0.29) is 6.10 Å². The number of benzene rings is 2. The van der Waals surface area contributed by atoms with Gasteiger partial charge >= 0.3 is 0 Å². The third-order valence-corrected chi connectivity index (χ3v) is 4.78. The van der Waals surface area contributed by atoms with E-state index in [9.17, 15) is 0 Å². The summed E-state index contributed by atoms with van der Waals surface area (Å²) in [5.41, 5.74) is 0. The number of hydrogen-bond donors (Lipinski definition) is 0. The van der Waals surface area contributed by atoms with Gasteiger partial charge in [-0.3, -0.25) is 0 Å². The topological polar surface area (TPSA) is 9.23 Å².